The van der Waals surface area contributed by atoms with Crippen LogP contribution in [-0.2, 0) is 22.4 Å². The molecule has 0 aliphatic rings. The number of unbranched alkanes of at least 4 members (excludes halogenated alkanes) is 3. The summed E-state index contributed by atoms with van der Waals surface area (Å²) in [5, 5.41) is 2.43. The maximum atomic E-state index is 10.9. The number of nitrogens with one attached hydrogen (secondary N) is 1. The lowest BCUT2D eigenvalue weighted by Crippen LogP contribution is -2.24. The summed E-state index contributed by atoms with van der Waals surface area (Å²) < 4.78 is 5.53. The number of carbonyl (C=O) groups is 1. The fraction of sp³-hybridized carbons (Fsp3) is 0.556. The van der Waals surface area contributed by atoms with Crippen LogP contribution in [0.1, 0.15) is 63.8 Å². The number of carbonyl (C=O) groups excluding carboxylic acids is 1. The van der Waals surface area contributed by atoms with Crippen LogP contribution in [0, 0.1) is 0 Å². The first-order chi connectivity index (χ1) is 16.0. The summed E-state index contributed by atoms with van der Waals surface area (Å²) in [6.07, 6.45) is 8.31. The van der Waals surface area contributed by atoms with Gasteiger partial charge in [-0.3, -0.25) is 4.79 Å². The number of nitrogen functional groups attached to an aromatic ring is 1. The van der Waals surface area contributed by atoms with Crippen molar-refractivity contribution in [3.63, 3.8) is 0 Å². The first-order valence-electron chi connectivity index (χ1n) is 12.4. The molecule has 6 heteroatoms. The third-order valence-corrected chi connectivity index (χ3v) is 6.24. The van der Waals surface area contributed by atoms with Crippen LogP contribution in [0.25, 0.3) is 21.8 Å². The number of ketones is 1. The number of nitrogens with two attached hydrogens (primary N) is 1. The number of Topliss-reactive ketones (excluding diaryl/α,β-unsaturated/α-hetero) is 1. The third kappa shape index (κ3) is 7.27. The van der Waals surface area contributed by atoms with E-state index in [1.807, 2.05) is 0 Å². The van der Waals surface area contributed by atoms with Gasteiger partial charge in [-0.15, -0.1) is 0 Å². The van der Waals surface area contributed by atoms with E-state index in [-0.39, 0.29) is 5.78 Å². The zero-order chi connectivity index (χ0) is 23.6. The van der Waals surface area contributed by atoms with Crippen LogP contribution >= 0.6 is 0 Å². The number of aromatic amines is 1. The first-order valence-corrected chi connectivity index (χ1v) is 12.4. The summed E-state index contributed by atoms with van der Waals surface area (Å²) >= 11 is 0. The van der Waals surface area contributed by atoms with E-state index in [9.17, 15) is 4.79 Å². The molecule has 33 heavy (non-hydrogen) atoms. The van der Waals surface area contributed by atoms with Gasteiger partial charge < -0.3 is 20.4 Å². The highest BCUT2D eigenvalue weighted by Crippen LogP contribution is 2.32. The van der Waals surface area contributed by atoms with Gasteiger partial charge in [-0.1, -0.05) is 38.0 Å². The number of anilines is 1. The van der Waals surface area contributed by atoms with Gasteiger partial charge in [0.2, 0.25) is 0 Å². The standard InChI is InChI=1S/C27H40N4O2/c1-4-5-13-24-29-26-23(28)19-22-12-9-11-21(25(22)27(26)30-24)10-7-6-8-15-31(3)16-18-33-17-14-20(2)32/h9,11-12,19H,4-8,10,13-18,28H2,1-3H3,(H,29,30). The Hall–Kier alpha value is -2.44. The molecule has 6 nitrogen and oxygen atoms in total. The molecule has 0 atom stereocenters. The molecule has 0 saturated heterocycles. The molecule has 0 aliphatic carbocycles. The smallest absolute Gasteiger partial charge is 0.132 e. The number of rotatable bonds is 15. The lowest BCUT2D eigenvalue weighted by atomic mass is 9.98. The average molecular weight is 453 g/mol. The number of H-pyrrole nitrogens is 1. The van der Waals surface area contributed by atoms with E-state index < -0.39 is 0 Å². The minimum atomic E-state index is 0.183. The third-order valence-electron chi connectivity index (χ3n) is 6.24. The molecule has 3 rings (SSSR count). The molecule has 0 fully saturated rings. The molecule has 2 aromatic carbocycles. The van der Waals surface area contributed by atoms with Crippen LogP contribution in [0.15, 0.2) is 24.3 Å². The van der Waals surface area contributed by atoms with Crippen molar-refractivity contribution in [2.45, 2.75) is 65.2 Å². The van der Waals surface area contributed by atoms with Crippen LogP contribution in [0.5, 0.6) is 0 Å². The van der Waals surface area contributed by atoms with Gasteiger partial charge in [-0.25, -0.2) is 4.98 Å². The molecule has 0 bridgehead atoms. The molecule has 0 unspecified atom stereocenters. The summed E-state index contributed by atoms with van der Waals surface area (Å²) in [5.41, 5.74) is 10.5. The Balaban J connectivity index is 1.53. The van der Waals surface area contributed by atoms with Crippen LogP contribution in [0.3, 0.4) is 0 Å². The zero-order valence-electron chi connectivity index (χ0n) is 20.6. The van der Waals surface area contributed by atoms with Gasteiger partial charge in [0.05, 0.1) is 29.9 Å². The fourth-order valence-corrected chi connectivity index (χ4v) is 4.28. The molecule has 0 aliphatic heterocycles. The van der Waals surface area contributed by atoms with Gasteiger partial charge in [0.1, 0.15) is 11.6 Å². The number of fused-ring (bicyclic) bond motifs is 3. The van der Waals surface area contributed by atoms with Gasteiger partial charge in [-0.2, -0.15) is 0 Å². The van der Waals surface area contributed by atoms with E-state index in [2.05, 4.69) is 48.1 Å². The van der Waals surface area contributed by atoms with Gasteiger partial charge >= 0.3 is 0 Å². The van der Waals surface area contributed by atoms with Gasteiger partial charge in [0.15, 0.2) is 0 Å². The lowest BCUT2D eigenvalue weighted by molar-refractivity contribution is -0.118. The Morgan fingerprint density at radius 1 is 1.12 bits per heavy atom. The molecule has 1 heterocycles. The molecule has 3 aromatic rings. The number of hydrogen-bond acceptors (Lipinski definition) is 5. The van der Waals surface area contributed by atoms with Crippen molar-refractivity contribution in [1.82, 2.24) is 14.9 Å². The Morgan fingerprint density at radius 3 is 2.76 bits per heavy atom. The fourth-order valence-electron chi connectivity index (χ4n) is 4.28. The highest BCUT2D eigenvalue weighted by molar-refractivity contribution is 6.10. The van der Waals surface area contributed by atoms with Crippen LogP contribution in [0.2, 0.25) is 0 Å². The number of imidazole rings is 1. The number of nitrogens with zero attached hydrogens (tertiary/aromatic N) is 2. The molecular weight excluding hydrogens is 412 g/mol. The summed E-state index contributed by atoms with van der Waals surface area (Å²) in [5.74, 6) is 1.22. The van der Waals surface area contributed by atoms with Crippen molar-refractivity contribution < 1.29 is 9.53 Å². The predicted octanol–water partition coefficient (Wildman–Crippen LogP) is 5.28. The maximum absolute atomic E-state index is 10.9. The summed E-state index contributed by atoms with van der Waals surface area (Å²) in [4.78, 5) is 21.7. The van der Waals surface area contributed by atoms with Crippen LogP contribution in [0.4, 0.5) is 5.69 Å². The van der Waals surface area contributed by atoms with E-state index in [1.54, 1.807) is 6.92 Å². The molecule has 0 radical (unpaired) electrons. The highest BCUT2D eigenvalue weighted by Gasteiger charge is 2.13. The van der Waals surface area contributed by atoms with Crippen molar-refractivity contribution in [3.8, 4) is 0 Å². The van der Waals surface area contributed by atoms with Crippen molar-refractivity contribution in [1.29, 1.82) is 0 Å². The maximum Gasteiger partial charge on any atom is 0.132 e. The van der Waals surface area contributed by atoms with Crippen LogP contribution < -0.4 is 5.73 Å². The van der Waals surface area contributed by atoms with Crippen molar-refractivity contribution in [3.05, 3.63) is 35.7 Å². The Morgan fingerprint density at radius 2 is 1.97 bits per heavy atom. The SMILES string of the molecule is CCCCc1nc2c([nH]1)c(N)cc1cccc(CCCCCN(C)CCOCCC(C)=O)c12. The number of ether oxygens (including phenoxy) is 1. The Kier molecular flexibility index (Phi) is 9.70. The quantitative estimate of drug-likeness (QED) is 0.242. The van der Waals surface area contributed by atoms with E-state index in [0.29, 0.717) is 19.6 Å². The average Bonchev–Trinajstić information content (AvgIpc) is 3.22. The number of hydrogen-bond donors (Lipinski definition) is 2. The van der Waals surface area contributed by atoms with E-state index in [4.69, 9.17) is 15.5 Å². The topological polar surface area (TPSA) is 84.2 Å². The molecular formula is C27H40N4O2. The second kappa shape index (κ2) is 12.7. The van der Waals surface area contributed by atoms with E-state index >= 15 is 0 Å². The van der Waals surface area contributed by atoms with E-state index in [0.717, 1.165) is 67.7 Å². The molecule has 3 N–H and O–H groups in total. The molecule has 0 spiro atoms. The van der Waals surface area contributed by atoms with Crippen molar-refractivity contribution in [2.75, 3.05) is 39.1 Å². The highest BCUT2D eigenvalue weighted by atomic mass is 16.5. The Labute approximate surface area is 197 Å². The normalized spacial score (nSPS) is 11.8. The molecule has 1 aromatic heterocycles. The van der Waals surface area contributed by atoms with Crippen LogP contribution in [-0.4, -0.2) is 54.0 Å². The zero-order valence-corrected chi connectivity index (χ0v) is 20.6. The summed E-state index contributed by atoms with van der Waals surface area (Å²) in [7, 11) is 2.13. The minimum absolute atomic E-state index is 0.183. The summed E-state index contributed by atoms with van der Waals surface area (Å²) in [6.45, 7) is 6.98. The minimum Gasteiger partial charge on any atom is -0.397 e. The largest absolute Gasteiger partial charge is 0.397 e. The second-order valence-electron chi connectivity index (χ2n) is 9.17. The first kappa shape index (κ1) is 25.2. The Bertz CT molecular complexity index is 1040. The molecule has 0 saturated carbocycles. The van der Waals surface area contributed by atoms with Gasteiger partial charge in [0, 0.05) is 24.8 Å². The van der Waals surface area contributed by atoms with Crippen molar-refractivity contribution >= 4 is 33.3 Å². The van der Waals surface area contributed by atoms with E-state index in [1.165, 1.54) is 29.2 Å². The number of aryl methyl sites for hydroxylation is 2. The molecule has 180 valence electrons. The lowest BCUT2D eigenvalue weighted by Gasteiger charge is -2.16. The number of aromatic nitrogens is 2. The van der Waals surface area contributed by atoms with Gasteiger partial charge in [0.25, 0.3) is 0 Å². The number of benzene rings is 2. The number of likely N-dealkylation sites (N-methyl/N-ethyl adjacent to an activating group) is 1. The molecule has 0 amide bonds. The summed E-state index contributed by atoms with van der Waals surface area (Å²) in [6, 6.07) is 8.59. The van der Waals surface area contributed by atoms with Gasteiger partial charge in [-0.05, 0) is 63.2 Å². The van der Waals surface area contributed by atoms with Crippen molar-refractivity contribution in [2.24, 2.45) is 0 Å². The second-order valence-corrected chi connectivity index (χ2v) is 9.17. The monoisotopic (exact) mass is 452 g/mol. The predicted molar refractivity (Wildman–Crippen MR) is 138 cm³/mol.